The summed E-state index contributed by atoms with van der Waals surface area (Å²) in [6.07, 6.45) is 6.27. The maximum atomic E-state index is 12.9. The number of aryl methyl sites for hydroxylation is 2. The summed E-state index contributed by atoms with van der Waals surface area (Å²) in [4.78, 5) is 19.1. The van der Waals surface area contributed by atoms with Crippen LogP contribution in [0.15, 0.2) is 6.33 Å². The molecule has 1 aliphatic carbocycles. The second-order valence-corrected chi connectivity index (χ2v) is 6.43. The monoisotopic (exact) mass is 330 g/mol. The van der Waals surface area contributed by atoms with E-state index in [0.29, 0.717) is 26.2 Å². The van der Waals surface area contributed by atoms with Crippen molar-refractivity contribution >= 4 is 5.91 Å². The van der Waals surface area contributed by atoms with Gasteiger partial charge in [0.25, 0.3) is 0 Å². The highest BCUT2D eigenvalue weighted by Gasteiger charge is 2.32. The van der Waals surface area contributed by atoms with Crippen molar-refractivity contribution in [3.8, 4) is 0 Å². The number of nitrogens with one attached hydrogen (secondary N) is 1. The lowest BCUT2D eigenvalue weighted by atomic mass is 9.95. The molecule has 0 radical (unpaired) electrons. The molecular weight excluding hydrogens is 308 g/mol. The average molecular weight is 330 g/mol. The second kappa shape index (κ2) is 6.35. The first kappa shape index (κ1) is 15.3. The number of carbonyl (C=O) groups excluding carboxylic acids is 1. The van der Waals surface area contributed by atoms with Crippen LogP contribution in [0.5, 0.6) is 0 Å². The molecule has 3 heterocycles. The highest BCUT2D eigenvalue weighted by atomic mass is 16.5. The van der Waals surface area contributed by atoms with Gasteiger partial charge in [0.15, 0.2) is 5.82 Å². The van der Waals surface area contributed by atoms with Gasteiger partial charge >= 0.3 is 0 Å². The van der Waals surface area contributed by atoms with Gasteiger partial charge in [-0.3, -0.25) is 14.6 Å². The third-order valence-electron chi connectivity index (χ3n) is 4.95. The Balaban J connectivity index is 1.54. The Hall–Kier alpha value is -2.22. The summed E-state index contributed by atoms with van der Waals surface area (Å²) < 4.78 is 7.27. The normalized spacial score (nSPS) is 20.9. The van der Waals surface area contributed by atoms with Crippen molar-refractivity contribution in [1.29, 1.82) is 0 Å². The predicted molar refractivity (Wildman–Crippen MR) is 85.2 cm³/mol. The Morgan fingerprint density at radius 1 is 1.42 bits per heavy atom. The van der Waals surface area contributed by atoms with Crippen LogP contribution in [0.3, 0.4) is 0 Å². The molecule has 0 bridgehead atoms. The molecular formula is C16H22N6O2. The van der Waals surface area contributed by atoms with Gasteiger partial charge in [-0.05, 0) is 31.2 Å². The van der Waals surface area contributed by atoms with Crippen LogP contribution in [0.1, 0.15) is 41.7 Å². The minimum atomic E-state index is -0.187. The average Bonchev–Trinajstić information content (AvgIpc) is 3.21. The van der Waals surface area contributed by atoms with Crippen molar-refractivity contribution in [2.75, 3.05) is 19.8 Å². The molecule has 128 valence electrons. The molecule has 8 heteroatoms. The largest absolute Gasteiger partial charge is 0.377 e. The fourth-order valence-corrected chi connectivity index (χ4v) is 3.66. The number of ether oxygens (including phenoxy) is 1. The minimum absolute atomic E-state index is 0.0752. The van der Waals surface area contributed by atoms with Gasteiger partial charge in [-0.15, -0.1) is 0 Å². The first-order chi connectivity index (χ1) is 11.7. The number of fused-ring (bicyclic) bond motifs is 1. The van der Waals surface area contributed by atoms with E-state index in [4.69, 9.17) is 4.74 Å². The summed E-state index contributed by atoms with van der Waals surface area (Å²) in [5.74, 6) is 0.832. The van der Waals surface area contributed by atoms with Crippen LogP contribution in [0.2, 0.25) is 0 Å². The van der Waals surface area contributed by atoms with Crippen LogP contribution >= 0.6 is 0 Å². The quantitative estimate of drug-likeness (QED) is 0.888. The molecule has 1 unspecified atom stereocenters. The van der Waals surface area contributed by atoms with Crippen LogP contribution in [-0.4, -0.2) is 55.5 Å². The Bertz CT molecular complexity index is 737. The number of aromatic nitrogens is 5. The summed E-state index contributed by atoms with van der Waals surface area (Å²) >= 11 is 0. The highest BCUT2D eigenvalue weighted by molar-refractivity contribution is 5.79. The zero-order valence-corrected chi connectivity index (χ0v) is 13.9. The number of nitrogens with zero attached hydrogens (tertiary/aromatic N) is 5. The van der Waals surface area contributed by atoms with Gasteiger partial charge in [0.2, 0.25) is 5.91 Å². The molecule has 0 spiro atoms. The first-order valence-corrected chi connectivity index (χ1v) is 8.50. The Morgan fingerprint density at radius 3 is 3.12 bits per heavy atom. The molecule has 1 atom stereocenters. The molecule has 24 heavy (non-hydrogen) atoms. The highest BCUT2D eigenvalue weighted by Crippen LogP contribution is 2.26. The first-order valence-electron chi connectivity index (χ1n) is 8.50. The standard InChI is InChI=1S/C16H22N6O2/c1-21-16(17-10-18-21)14-9-24-7-6-22(14)15(23)8-13-11-4-2-3-5-12(11)19-20-13/h10,14H,2-9H2,1H3,(H,19,20). The molecule has 2 aromatic rings. The summed E-state index contributed by atoms with van der Waals surface area (Å²) in [7, 11) is 1.84. The van der Waals surface area contributed by atoms with Crippen molar-refractivity contribution in [1.82, 2.24) is 29.9 Å². The molecule has 2 aliphatic rings. The fraction of sp³-hybridized carbons (Fsp3) is 0.625. The molecule has 8 nitrogen and oxygen atoms in total. The molecule has 0 aromatic carbocycles. The fourth-order valence-electron chi connectivity index (χ4n) is 3.66. The van der Waals surface area contributed by atoms with E-state index in [9.17, 15) is 4.79 Å². The van der Waals surface area contributed by atoms with E-state index in [1.54, 1.807) is 4.68 Å². The number of amides is 1. The number of aromatic amines is 1. The predicted octanol–water partition coefficient (Wildman–Crippen LogP) is 0.560. The SMILES string of the molecule is Cn1ncnc1C1COCCN1C(=O)Cc1n[nH]c2c1CCCC2. The maximum Gasteiger partial charge on any atom is 0.229 e. The number of hydrogen-bond donors (Lipinski definition) is 1. The third kappa shape index (κ3) is 2.71. The molecule has 1 N–H and O–H groups in total. The van der Waals surface area contributed by atoms with Crippen LogP contribution in [0.4, 0.5) is 0 Å². The van der Waals surface area contributed by atoms with Crippen molar-refractivity contribution in [2.24, 2.45) is 7.05 Å². The molecule has 1 saturated heterocycles. The van der Waals surface area contributed by atoms with Crippen LogP contribution in [-0.2, 0) is 35.8 Å². The zero-order valence-electron chi connectivity index (χ0n) is 13.9. The Labute approximate surface area is 140 Å². The van der Waals surface area contributed by atoms with E-state index in [0.717, 1.165) is 24.4 Å². The Kier molecular flexibility index (Phi) is 4.05. The van der Waals surface area contributed by atoms with E-state index < -0.39 is 0 Å². The topological polar surface area (TPSA) is 88.9 Å². The number of carbonyl (C=O) groups is 1. The second-order valence-electron chi connectivity index (χ2n) is 6.43. The van der Waals surface area contributed by atoms with Crippen LogP contribution in [0, 0.1) is 0 Å². The number of hydrogen-bond acceptors (Lipinski definition) is 5. The van der Waals surface area contributed by atoms with E-state index in [1.807, 2.05) is 11.9 Å². The molecule has 1 aliphatic heterocycles. The van der Waals surface area contributed by atoms with E-state index in [1.165, 1.54) is 30.4 Å². The van der Waals surface area contributed by atoms with E-state index in [2.05, 4.69) is 20.3 Å². The van der Waals surface area contributed by atoms with Gasteiger partial charge in [0.1, 0.15) is 12.4 Å². The molecule has 0 saturated carbocycles. The van der Waals surface area contributed by atoms with Crippen molar-refractivity contribution in [2.45, 2.75) is 38.1 Å². The van der Waals surface area contributed by atoms with Crippen molar-refractivity contribution in [3.05, 3.63) is 29.1 Å². The number of H-pyrrole nitrogens is 1. The summed E-state index contributed by atoms with van der Waals surface area (Å²) in [6.45, 7) is 1.58. The zero-order chi connectivity index (χ0) is 16.5. The van der Waals surface area contributed by atoms with Gasteiger partial charge < -0.3 is 9.64 Å². The van der Waals surface area contributed by atoms with Crippen molar-refractivity contribution in [3.63, 3.8) is 0 Å². The third-order valence-corrected chi connectivity index (χ3v) is 4.95. The van der Waals surface area contributed by atoms with Gasteiger partial charge in [-0.1, -0.05) is 0 Å². The molecule has 1 fully saturated rings. The van der Waals surface area contributed by atoms with Crippen LogP contribution in [0.25, 0.3) is 0 Å². The van der Waals surface area contributed by atoms with Crippen LogP contribution < -0.4 is 0 Å². The number of morpholine rings is 1. The minimum Gasteiger partial charge on any atom is -0.377 e. The lowest BCUT2D eigenvalue weighted by molar-refractivity contribution is -0.140. The smallest absolute Gasteiger partial charge is 0.229 e. The lowest BCUT2D eigenvalue weighted by Gasteiger charge is -2.34. The maximum absolute atomic E-state index is 12.9. The Morgan fingerprint density at radius 2 is 2.29 bits per heavy atom. The van der Waals surface area contributed by atoms with Gasteiger partial charge in [0.05, 0.1) is 25.3 Å². The molecule has 1 amide bonds. The van der Waals surface area contributed by atoms with Gasteiger partial charge in [0, 0.05) is 19.3 Å². The summed E-state index contributed by atoms with van der Waals surface area (Å²) in [5.41, 5.74) is 3.35. The number of rotatable bonds is 3. The summed E-state index contributed by atoms with van der Waals surface area (Å²) in [6, 6.07) is -0.187. The van der Waals surface area contributed by atoms with Gasteiger partial charge in [-0.25, -0.2) is 4.98 Å². The van der Waals surface area contributed by atoms with Crippen molar-refractivity contribution < 1.29 is 9.53 Å². The lowest BCUT2D eigenvalue weighted by Crippen LogP contribution is -2.45. The van der Waals surface area contributed by atoms with Gasteiger partial charge in [-0.2, -0.15) is 10.2 Å². The molecule has 2 aromatic heterocycles. The summed E-state index contributed by atoms with van der Waals surface area (Å²) in [5, 5.41) is 11.6. The van der Waals surface area contributed by atoms with E-state index in [-0.39, 0.29) is 11.9 Å². The van der Waals surface area contributed by atoms with E-state index >= 15 is 0 Å². The molecule has 4 rings (SSSR count).